The molecule has 2 N–H and O–H groups in total. The van der Waals surface area contributed by atoms with E-state index in [1.165, 1.54) is 0 Å². The molecular formula is C19H26N4O4S. The fourth-order valence-electron chi connectivity index (χ4n) is 2.99. The highest BCUT2D eigenvalue weighted by atomic mass is 32.1. The molecule has 2 rings (SSSR count). The van der Waals surface area contributed by atoms with Gasteiger partial charge in [0.2, 0.25) is 5.13 Å². The van der Waals surface area contributed by atoms with Crippen LogP contribution in [0.25, 0.3) is 0 Å². The predicted octanol–water partition coefficient (Wildman–Crippen LogP) is 2.89. The summed E-state index contributed by atoms with van der Waals surface area (Å²) in [5.74, 6) is -1.47. The van der Waals surface area contributed by atoms with Crippen LogP contribution in [0.15, 0.2) is 10.9 Å². The summed E-state index contributed by atoms with van der Waals surface area (Å²) in [4.78, 5) is 40.5. The summed E-state index contributed by atoms with van der Waals surface area (Å²) in [6, 6.07) is 1.67. The molecule has 8 nitrogen and oxygen atoms in total. The number of carbonyl (C=O) groups excluding carboxylic acids is 1. The number of unbranched alkanes of at least 4 members (excludes halogenated alkanes) is 1. The van der Waals surface area contributed by atoms with Crippen LogP contribution in [-0.4, -0.2) is 30.9 Å². The van der Waals surface area contributed by atoms with E-state index < -0.39 is 11.9 Å². The molecule has 2 heterocycles. The van der Waals surface area contributed by atoms with Crippen LogP contribution in [0.2, 0.25) is 0 Å². The summed E-state index contributed by atoms with van der Waals surface area (Å²) in [5.41, 5.74) is 1.76. The first kappa shape index (κ1) is 21.7. The molecule has 2 aromatic heterocycles. The minimum atomic E-state index is -1.05. The molecular weight excluding hydrogens is 380 g/mol. The largest absolute Gasteiger partial charge is 0.481 e. The zero-order chi connectivity index (χ0) is 20.7. The van der Waals surface area contributed by atoms with E-state index in [2.05, 4.69) is 28.5 Å². The van der Waals surface area contributed by atoms with Crippen LogP contribution in [-0.2, 0) is 30.6 Å². The fraction of sp³-hybridized carbons (Fsp3) is 0.526. The molecule has 28 heavy (non-hydrogen) atoms. The number of pyridine rings is 1. The number of amides is 1. The van der Waals surface area contributed by atoms with Gasteiger partial charge >= 0.3 is 5.97 Å². The van der Waals surface area contributed by atoms with E-state index in [4.69, 9.17) is 5.11 Å². The molecule has 0 fully saturated rings. The standard InChI is InChI=1S/C19H26N4O4S/c1-4-7-9-23-14(8-5-2)12(6-3)10-13(18(23)27)17(26)21-19-20-15(22-28-19)11-16(24)25/h10H,4-9,11H2,1-3H3,(H,24,25)(H,20,21,22,26). The van der Waals surface area contributed by atoms with Gasteiger partial charge in [0.25, 0.3) is 11.5 Å². The minimum Gasteiger partial charge on any atom is -0.481 e. The van der Waals surface area contributed by atoms with Gasteiger partial charge in [-0.2, -0.15) is 4.37 Å². The van der Waals surface area contributed by atoms with E-state index in [-0.39, 0.29) is 28.5 Å². The van der Waals surface area contributed by atoms with Crippen LogP contribution in [0.3, 0.4) is 0 Å². The van der Waals surface area contributed by atoms with E-state index >= 15 is 0 Å². The zero-order valence-corrected chi connectivity index (χ0v) is 17.3. The molecule has 0 aliphatic rings. The first-order valence-corrected chi connectivity index (χ1v) is 10.3. The Morgan fingerprint density at radius 1 is 1.25 bits per heavy atom. The topological polar surface area (TPSA) is 114 Å². The van der Waals surface area contributed by atoms with Crippen molar-refractivity contribution in [1.29, 1.82) is 0 Å². The van der Waals surface area contributed by atoms with Crippen molar-refractivity contribution in [2.45, 2.75) is 65.8 Å². The Bertz CT molecular complexity index is 904. The van der Waals surface area contributed by atoms with Gasteiger partial charge in [-0.3, -0.25) is 19.7 Å². The van der Waals surface area contributed by atoms with Crippen molar-refractivity contribution < 1.29 is 14.7 Å². The Hall–Kier alpha value is -2.55. The SMILES string of the molecule is CCCCn1c(CCC)c(CC)cc(C(=O)Nc2nc(CC(=O)O)ns2)c1=O. The second-order valence-corrected chi connectivity index (χ2v) is 7.24. The van der Waals surface area contributed by atoms with Gasteiger partial charge in [-0.25, -0.2) is 4.98 Å². The van der Waals surface area contributed by atoms with Crippen molar-refractivity contribution >= 4 is 28.5 Å². The third kappa shape index (κ3) is 5.25. The first-order valence-electron chi connectivity index (χ1n) is 9.52. The number of aliphatic carboxylic acids is 1. The second kappa shape index (κ2) is 10.1. The van der Waals surface area contributed by atoms with Gasteiger partial charge in [0.05, 0.1) is 0 Å². The lowest BCUT2D eigenvalue weighted by atomic mass is 10.0. The van der Waals surface area contributed by atoms with Gasteiger partial charge in [-0.1, -0.05) is 33.6 Å². The molecule has 0 aromatic carbocycles. The molecule has 1 amide bonds. The Morgan fingerprint density at radius 3 is 2.61 bits per heavy atom. The van der Waals surface area contributed by atoms with Crippen LogP contribution < -0.4 is 10.9 Å². The minimum absolute atomic E-state index is 0.0720. The number of aromatic nitrogens is 3. The lowest BCUT2D eigenvalue weighted by Gasteiger charge is -2.18. The Labute approximate surface area is 167 Å². The highest BCUT2D eigenvalue weighted by molar-refractivity contribution is 7.09. The van der Waals surface area contributed by atoms with Crippen LogP contribution in [0.4, 0.5) is 5.13 Å². The lowest BCUT2D eigenvalue weighted by Crippen LogP contribution is -2.32. The zero-order valence-electron chi connectivity index (χ0n) is 16.4. The van der Waals surface area contributed by atoms with Crippen molar-refractivity contribution in [2.75, 3.05) is 5.32 Å². The number of carboxylic acid groups (broad SMARTS) is 1. The van der Waals surface area contributed by atoms with Gasteiger partial charge in [-0.15, -0.1) is 0 Å². The van der Waals surface area contributed by atoms with Crippen molar-refractivity contribution in [3.63, 3.8) is 0 Å². The van der Waals surface area contributed by atoms with E-state index in [1.54, 1.807) is 10.6 Å². The summed E-state index contributed by atoms with van der Waals surface area (Å²) in [6.45, 7) is 6.72. The third-order valence-corrected chi connectivity index (χ3v) is 5.00. The van der Waals surface area contributed by atoms with Gasteiger partial charge < -0.3 is 9.67 Å². The molecule has 0 radical (unpaired) electrons. The third-order valence-electron chi connectivity index (χ3n) is 4.34. The molecule has 0 atom stereocenters. The summed E-state index contributed by atoms with van der Waals surface area (Å²) < 4.78 is 5.64. The number of rotatable bonds is 10. The Morgan fingerprint density at radius 2 is 2.00 bits per heavy atom. The average molecular weight is 407 g/mol. The number of nitrogens with zero attached hydrogens (tertiary/aromatic N) is 3. The Balaban J connectivity index is 2.37. The van der Waals surface area contributed by atoms with E-state index in [0.717, 1.165) is 54.9 Å². The van der Waals surface area contributed by atoms with Gasteiger partial charge in [0.15, 0.2) is 5.82 Å². The van der Waals surface area contributed by atoms with Crippen LogP contribution in [0.5, 0.6) is 0 Å². The molecule has 9 heteroatoms. The normalized spacial score (nSPS) is 10.8. The predicted molar refractivity (Wildman–Crippen MR) is 108 cm³/mol. The van der Waals surface area contributed by atoms with Crippen molar-refractivity contribution in [1.82, 2.24) is 13.9 Å². The van der Waals surface area contributed by atoms with E-state index in [9.17, 15) is 14.4 Å². The monoisotopic (exact) mass is 406 g/mol. The van der Waals surface area contributed by atoms with Gasteiger partial charge in [0, 0.05) is 23.8 Å². The number of hydrogen-bond acceptors (Lipinski definition) is 6. The maximum atomic E-state index is 13.0. The maximum absolute atomic E-state index is 13.0. The van der Waals surface area contributed by atoms with Crippen LogP contribution >= 0.6 is 11.5 Å². The van der Waals surface area contributed by atoms with Crippen molar-refractivity contribution in [2.24, 2.45) is 0 Å². The first-order chi connectivity index (χ1) is 13.4. The quantitative estimate of drug-likeness (QED) is 0.627. The molecule has 0 saturated carbocycles. The van der Waals surface area contributed by atoms with Crippen LogP contribution in [0, 0.1) is 0 Å². The number of hydrogen-bond donors (Lipinski definition) is 2. The Kier molecular flexibility index (Phi) is 7.86. The fourth-order valence-corrected chi connectivity index (χ4v) is 3.57. The summed E-state index contributed by atoms with van der Waals surface area (Å²) in [6.07, 6.45) is 3.93. The van der Waals surface area contributed by atoms with Gasteiger partial charge in [-0.05, 0) is 30.9 Å². The highest BCUT2D eigenvalue weighted by Crippen LogP contribution is 2.16. The number of aryl methyl sites for hydroxylation is 1. The molecule has 0 saturated heterocycles. The number of anilines is 1. The molecule has 0 spiro atoms. The summed E-state index contributed by atoms with van der Waals surface area (Å²) in [5, 5.41) is 11.6. The van der Waals surface area contributed by atoms with E-state index in [1.807, 2.05) is 6.92 Å². The number of nitrogens with one attached hydrogen (secondary N) is 1. The molecule has 2 aromatic rings. The molecule has 0 aliphatic carbocycles. The van der Waals surface area contributed by atoms with Gasteiger partial charge in [0.1, 0.15) is 12.0 Å². The summed E-state index contributed by atoms with van der Waals surface area (Å²) >= 11 is 0.894. The van der Waals surface area contributed by atoms with E-state index in [0.29, 0.717) is 6.54 Å². The van der Waals surface area contributed by atoms with Crippen molar-refractivity contribution in [3.8, 4) is 0 Å². The number of carbonyl (C=O) groups is 2. The lowest BCUT2D eigenvalue weighted by molar-refractivity contribution is -0.136. The highest BCUT2D eigenvalue weighted by Gasteiger charge is 2.20. The summed E-state index contributed by atoms with van der Waals surface area (Å²) in [7, 11) is 0. The molecule has 0 unspecified atom stereocenters. The second-order valence-electron chi connectivity index (χ2n) is 6.48. The molecule has 152 valence electrons. The smallest absolute Gasteiger partial charge is 0.311 e. The average Bonchev–Trinajstić information content (AvgIpc) is 3.07. The molecule has 0 aliphatic heterocycles. The molecule has 0 bridgehead atoms. The van der Waals surface area contributed by atoms with Crippen LogP contribution in [0.1, 0.15) is 67.5 Å². The maximum Gasteiger partial charge on any atom is 0.311 e. The van der Waals surface area contributed by atoms with Crippen molar-refractivity contribution in [3.05, 3.63) is 39.1 Å². The number of carboxylic acids is 1.